The van der Waals surface area contributed by atoms with E-state index in [0.29, 0.717) is 47.7 Å². The number of nitrogens with zero attached hydrogens (tertiary/aromatic N) is 1. The number of hydrogen-bond donors (Lipinski definition) is 2. The van der Waals surface area contributed by atoms with Crippen molar-refractivity contribution in [3.05, 3.63) is 40.3 Å². The van der Waals surface area contributed by atoms with Crippen molar-refractivity contribution in [2.45, 2.75) is 26.2 Å². The molecule has 2 aliphatic rings. The third-order valence-corrected chi connectivity index (χ3v) is 6.99. The molecule has 1 fully saturated rings. The minimum atomic E-state index is -0.210. The quantitative estimate of drug-likeness (QED) is 0.715. The van der Waals surface area contributed by atoms with Gasteiger partial charge in [-0.3, -0.25) is 14.5 Å². The zero-order chi connectivity index (χ0) is 21.8. The summed E-state index contributed by atoms with van der Waals surface area (Å²) in [7, 11) is 1.58. The lowest BCUT2D eigenvalue weighted by molar-refractivity contribution is -0.118. The van der Waals surface area contributed by atoms with Crippen LogP contribution in [-0.4, -0.2) is 56.7 Å². The minimum absolute atomic E-state index is 0.0973. The molecule has 1 aromatic heterocycles. The number of amides is 2. The first kappa shape index (κ1) is 21.8. The van der Waals surface area contributed by atoms with Crippen LogP contribution < -0.4 is 15.4 Å². The van der Waals surface area contributed by atoms with Gasteiger partial charge in [0.05, 0.1) is 38.1 Å². The summed E-state index contributed by atoms with van der Waals surface area (Å²) < 4.78 is 10.7. The van der Waals surface area contributed by atoms with Crippen LogP contribution in [0.5, 0.6) is 5.75 Å². The van der Waals surface area contributed by atoms with E-state index < -0.39 is 0 Å². The molecule has 8 heteroatoms. The predicted molar refractivity (Wildman–Crippen MR) is 122 cm³/mol. The number of morpholine rings is 1. The Labute approximate surface area is 186 Å². The molecule has 1 aliphatic carbocycles. The largest absolute Gasteiger partial charge is 0.495 e. The van der Waals surface area contributed by atoms with Crippen LogP contribution in [0, 0.1) is 5.92 Å². The summed E-state index contributed by atoms with van der Waals surface area (Å²) in [6.07, 6.45) is 2.83. The Morgan fingerprint density at radius 3 is 2.77 bits per heavy atom. The molecular formula is C23H29N3O4S. The number of nitrogens with one attached hydrogen (secondary N) is 2. The number of benzene rings is 1. The molecule has 2 N–H and O–H groups in total. The molecule has 0 spiro atoms. The first-order chi connectivity index (χ1) is 15.0. The first-order valence-corrected chi connectivity index (χ1v) is 11.6. The normalized spacial score (nSPS) is 18.8. The number of ether oxygens (including phenoxy) is 2. The van der Waals surface area contributed by atoms with Crippen molar-refractivity contribution < 1.29 is 19.1 Å². The van der Waals surface area contributed by atoms with Crippen LogP contribution in [-0.2, 0) is 22.4 Å². The topological polar surface area (TPSA) is 79.9 Å². The molecular weight excluding hydrogens is 414 g/mol. The van der Waals surface area contributed by atoms with E-state index in [-0.39, 0.29) is 11.8 Å². The lowest BCUT2D eigenvalue weighted by Crippen LogP contribution is -2.41. The Kier molecular flexibility index (Phi) is 6.89. The summed E-state index contributed by atoms with van der Waals surface area (Å²) in [4.78, 5) is 29.4. The molecule has 2 amide bonds. The summed E-state index contributed by atoms with van der Waals surface area (Å²) >= 11 is 1.54. The van der Waals surface area contributed by atoms with E-state index in [1.165, 1.54) is 16.2 Å². The van der Waals surface area contributed by atoms with E-state index in [1.54, 1.807) is 7.11 Å². The van der Waals surface area contributed by atoms with Crippen molar-refractivity contribution in [1.82, 2.24) is 4.90 Å². The van der Waals surface area contributed by atoms with Crippen LogP contribution in [0.4, 0.5) is 10.7 Å². The maximum atomic E-state index is 13.4. The second-order valence-corrected chi connectivity index (χ2v) is 9.25. The fourth-order valence-electron chi connectivity index (χ4n) is 4.14. The van der Waals surface area contributed by atoms with E-state index in [9.17, 15) is 9.59 Å². The smallest absolute Gasteiger partial charge is 0.259 e. The van der Waals surface area contributed by atoms with Gasteiger partial charge >= 0.3 is 0 Å². The number of carbonyl (C=O) groups is 2. The highest BCUT2D eigenvalue weighted by Crippen LogP contribution is 2.40. The number of rotatable bonds is 6. The van der Waals surface area contributed by atoms with Gasteiger partial charge in [-0.1, -0.05) is 19.1 Å². The molecule has 1 atom stereocenters. The van der Waals surface area contributed by atoms with E-state index in [4.69, 9.17) is 9.47 Å². The third-order valence-electron chi connectivity index (χ3n) is 5.82. The highest BCUT2D eigenvalue weighted by atomic mass is 32.1. The fraction of sp³-hybridized carbons (Fsp3) is 0.478. The summed E-state index contributed by atoms with van der Waals surface area (Å²) in [5.41, 5.74) is 2.27. The van der Waals surface area contributed by atoms with Crippen molar-refractivity contribution in [2.75, 3.05) is 50.6 Å². The Balaban J connectivity index is 1.57. The molecule has 1 aromatic carbocycles. The van der Waals surface area contributed by atoms with Gasteiger partial charge in [0.25, 0.3) is 5.91 Å². The van der Waals surface area contributed by atoms with Gasteiger partial charge in [0.1, 0.15) is 10.8 Å². The second kappa shape index (κ2) is 9.80. The van der Waals surface area contributed by atoms with Gasteiger partial charge in [-0.15, -0.1) is 11.3 Å². The van der Waals surface area contributed by atoms with Crippen molar-refractivity contribution in [3.8, 4) is 5.75 Å². The van der Waals surface area contributed by atoms with Crippen LogP contribution in [0.2, 0.25) is 0 Å². The Morgan fingerprint density at radius 2 is 2.00 bits per heavy atom. The van der Waals surface area contributed by atoms with Crippen molar-refractivity contribution in [3.63, 3.8) is 0 Å². The second-order valence-electron chi connectivity index (χ2n) is 8.15. The molecule has 0 radical (unpaired) electrons. The summed E-state index contributed by atoms with van der Waals surface area (Å²) in [6.45, 7) is 5.31. The van der Waals surface area contributed by atoms with Gasteiger partial charge in [-0.05, 0) is 42.9 Å². The maximum Gasteiger partial charge on any atom is 0.259 e. The summed E-state index contributed by atoms with van der Waals surface area (Å²) in [6, 6.07) is 7.34. The lowest BCUT2D eigenvalue weighted by atomic mass is 9.88. The van der Waals surface area contributed by atoms with Gasteiger partial charge < -0.3 is 20.1 Å². The summed E-state index contributed by atoms with van der Waals surface area (Å²) in [5.74, 6) is 0.873. The van der Waals surface area contributed by atoms with Crippen LogP contribution in [0.1, 0.15) is 34.1 Å². The molecule has 1 saturated heterocycles. The maximum absolute atomic E-state index is 13.4. The molecule has 4 rings (SSSR count). The average Bonchev–Trinajstić information content (AvgIpc) is 3.11. The standard InChI is InChI=1S/C23H29N3O4S/c1-15-7-8-16-19(13-15)31-23(25-20(27)14-26-9-11-30-12-10-26)21(16)22(28)24-17-5-3-4-6-18(17)29-2/h3-6,15H,7-14H2,1-2H3,(H,24,28)(H,25,27)/t15-/m1/s1. The molecule has 1 aliphatic heterocycles. The number of hydrogen-bond acceptors (Lipinski definition) is 6. The van der Waals surface area contributed by atoms with E-state index in [2.05, 4.69) is 22.5 Å². The SMILES string of the molecule is COc1ccccc1NC(=O)c1c(NC(=O)CN2CCOCC2)sc2c1CC[C@@H](C)C2. The van der Waals surface area contributed by atoms with Crippen molar-refractivity contribution in [1.29, 1.82) is 0 Å². The third kappa shape index (κ3) is 5.08. The number of methoxy groups -OCH3 is 1. The highest BCUT2D eigenvalue weighted by molar-refractivity contribution is 7.17. The Bertz CT molecular complexity index is 952. The highest BCUT2D eigenvalue weighted by Gasteiger charge is 2.29. The van der Waals surface area contributed by atoms with E-state index >= 15 is 0 Å². The molecule has 31 heavy (non-hydrogen) atoms. The van der Waals surface area contributed by atoms with Crippen LogP contribution in [0.15, 0.2) is 24.3 Å². The van der Waals surface area contributed by atoms with E-state index in [0.717, 1.165) is 37.9 Å². The average molecular weight is 444 g/mol. The Hall–Kier alpha value is -2.42. The fourth-order valence-corrected chi connectivity index (χ4v) is 5.56. The number of fused-ring (bicyclic) bond motifs is 1. The van der Waals surface area contributed by atoms with Gasteiger partial charge in [-0.2, -0.15) is 0 Å². The van der Waals surface area contributed by atoms with Crippen LogP contribution in [0.25, 0.3) is 0 Å². The first-order valence-electron chi connectivity index (χ1n) is 10.7. The van der Waals surface area contributed by atoms with Gasteiger partial charge in [0.2, 0.25) is 5.91 Å². The zero-order valence-electron chi connectivity index (χ0n) is 18.0. The molecule has 166 valence electrons. The molecule has 2 aromatic rings. The van der Waals surface area contributed by atoms with Crippen molar-refractivity contribution >= 4 is 33.8 Å². The van der Waals surface area contributed by atoms with Gasteiger partial charge in [0.15, 0.2) is 0 Å². The van der Waals surface area contributed by atoms with E-state index in [1.807, 2.05) is 24.3 Å². The molecule has 0 saturated carbocycles. The molecule has 0 bridgehead atoms. The summed E-state index contributed by atoms with van der Waals surface area (Å²) in [5, 5.41) is 6.66. The van der Waals surface area contributed by atoms with Crippen LogP contribution >= 0.6 is 11.3 Å². The Morgan fingerprint density at radius 1 is 1.23 bits per heavy atom. The van der Waals surface area contributed by atoms with Crippen molar-refractivity contribution in [2.24, 2.45) is 5.92 Å². The minimum Gasteiger partial charge on any atom is -0.495 e. The number of anilines is 2. The van der Waals surface area contributed by atoms with Gasteiger partial charge in [0, 0.05) is 18.0 Å². The molecule has 2 heterocycles. The molecule has 0 unspecified atom stereocenters. The number of carbonyl (C=O) groups excluding carboxylic acids is 2. The monoisotopic (exact) mass is 443 g/mol. The van der Waals surface area contributed by atoms with Crippen LogP contribution in [0.3, 0.4) is 0 Å². The van der Waals surface area contributed by atoms with Gasteiger partial charge in [-0.25, -0.2) is 0 Å². The predicted octanol–water partition coefficient (Wildman–Crippen LogP) is 3.40. The number of thiophene rings is 1. The molecule has 7 nitrogen and oxygen atoms in total. The zero-order valence-corrected chi connectivity index (χ0v) is 18.8. The number of para-hydroxylation sites is 2. The lowest BCUT2D eigenvalue weighted by Gasteiger charge is -2.25.